The van der Waals surface area contributed by atoms with Crippen LogP contribution in [0.2, 0.25) is 0 Å². The summed E-state index contributed by atoms with van der Waals surface area (Å²) in [5.41, 5.74) is 7.63. The number of hydrogen-bond acceptors (Lipinski definition) is 8. The molecule has 9 heteroatoms. The lowest BCUT2D eigenvalue weighted by atomic mass is 9.82. The zero-order valence-corrected chi connectivity index (χ0v) is 25.9. The number of carbonyl (C=O) groups excluding carboxylic acids is 1. The van der Waals surface area contributed by atoms with Crippen molar-refractivity contribution in [3.63, 3.8) is 0 Å². The smallest absolute Gasteiger partial charge is 0.222 e. The fraction of sp³-hybridized carbons (Fsp3) is 0.774. The second kappa shape index (κ2) is 17.8. The molecule has 1 fully saturated rings. The Morgan fingerprint density at radius 2 is 1.82 bits per heavy atom. The molecule has 1 aromatic rings. The Balaban J connectivity index is 1.85. The monoisotopic (exact) mass is 565 g/mol. The number of nitrogens with zero attached hydrogens (tertiary/aromatic N) is 1. The summed E-state index contributed by atoms with van der Waals surface area (Å²) in [7, 11) is 3.32. The number of aliphatic hydroxyl groups excluding tert-OH is 1. The number of rotatable bonds is 18. The molecular weight excluding hydrogens is 510 g/mol. The van der Waals surface area contributed by atoms with Crippen molar-refractivity contribution >= 4 is 5.91 Å². The minimum atomic E-state index is -0.751. The summed E-state index contributed by atoms with van der Waals surface area (Å²) in [5, 5.41) is 13.9. The molecule has 230 valence electrons. The predicted molar refractivity (Wildman–Crippen MR) is 159 cm³/mol. The first kappa shape index (κ1) is 34.3. The summed E-state index contributed by atoms with van der Waals surface area (Å²) in [6.45, 7) is 14.7. The molecule has 6 atom stereocenters. The van der Waals surface area contributed by atoms with Crippen LogP contribution in [-0.2, 0) is 20.7 Å². The van der Waals surface area contributed by atoms with Gasteiger partial charge in [0.2, 0.25) is 5.91 Å². The zero-order chi connectivity index (χ0) is 29.7. The number of nitrogens with one attached hydrogen (secondary N) is 1. The molecule has 0 saturated carbocycles. The average Bonchev–Trinajstić information content (AvgIpc) is 2.90. The molecule has 1 heterocycles. The number of aliphatic hydroxyl groups is 1. The Morgan fingerprint density at radius 1 is 1.12 bits per heavy atom. The molecule has 0 aromatic heterocycles. The van der Waals surface area contributed by atoms with E-state index in [1.54, 1.807) is 14.2 Å². The maximum Gasteiger partial charge on any atom is 0.222 e. The number of amides is 1. The van der Waals surface area contributed by atoms with Crippen molar-refractivity contribution in [2.24, 2.45) is 23.5 Å². The number of carbonyl (C=O) groups is 1. The molecule has 0 radical (unpaired) electrons. The average molecular weight is 566 g/mol. The van der Waals surface area contributed by atoms with Gasteiger partial charge in [-0.05, 0) is 62.6 Å². The van der Waals surface area contributed by atoms with Crippen LogP contribution in [0.25, 0.3) is 0 Å². The summed E-state index contributed by atoms with van der Waals surface area (Å²) >= 11 is 0. The third-order valence-corrected chi connectivity index (χ3v) is 7.75. The quantitative estimate of drug-likeness (QED) is 0.232. The highest BCUT2D eigenvalue weighted by atomic mass is 16.5. The lowest BCUT2D eigenvalue weighted by Gasteiger charge is -2.35. The fourth-order valence-corrected chi connectivity index (χ4v) is 5.37. The van der Waals surface area contributed by atoms with Crippen LogP contribution in [0.4, 0.5) is 0 Å². The molecule has 4 N–H and O–H groups in total. The largest absolute Gasteiger partial charge is 0.493 e. The summed E-state index contributed by atoms with van der Waals surface area (Å²) in [4.78, 5) is 15.0. The van der Waals surface area contributed by atoms with Gasteiger partial charge in [0.05, 0.1) is 32.0 Å². The predicted octanol–water partition coefficient (Wildman–Crippen LogP) is 3.26. The van der Waals surface area contributed by atoms with Crippen LogP contribution < -0.4 is 20.5 Å². The molecule has 1 aliphatic rings. The molecule has 40 heavy (non-hydrogen) atoms. The van der Waals surface area contributed by atoms with E-state index in [-0.39, 0.29) is 30.0 Å². The molecular formula is C31H55N3O6. The van der Waals surface area contributed by atoms with E-state index in [1.807, 2.05) is 19.1 Å². The number of morpholine rings is 1. The molecule has 1 aliphatic heterocycles. The number of benzene rings is 1. The Bertz CT molecular complexity index is 859. The topological polar surface area (TPSA) is 116 Å². The number of hydrogen-bond donors (Lipinski definition) is 3. The third-order valence-electron chi connectivity index (χ3n) is 7.75. The van der Waals surface area contributed by atoms with E-state index < -0.39 is 12.1 Å². The Hall–Kier alpha value is -1.91. The van der Waals surface area contributed by atoms with Crippen LogP contribution in [0.1, 0.15) is 59.4 Å². The van der Waals surface area contributed by atoms with E-state index >= 15 is 0 Å². The van der Waals surface area contributed by atoms with Gasteiger partial charge < -0.3 is 35.1 Å². The number of methoxy groups -OCH3 is 2. The normalized spacial score (nSPS) is 21.1. The minimum absolute atomic E-state index is 0.0442. The summed E-state index contributed by atoms with van der Waals surface area (Å²) in [6.07, 6.45) is 2.27. The molecule has 0 spiro atoms. The van der Waals surface area contributed by atoms with Gasteiger partial charge in [-0.3, -0.25) is 9.69 Å². The lowest BCUT2D eigenvalue weighted by molar-refractivity contribution is -0.125. The van der Waals surface area contributed by atoms with Gasteiger partial charge in [0.1, 0.15) is 0 Å². The molecule has 0 unspecified atom stereocenters. The molecule has 0 aliphatic carbocycles. The van der Waals surface area contributed by atoms with Crippen LogP contribution in [0.3, 0.4) is 0 Å². The Kier molecular flexibility index (Phi) is 15.3. The van der Waals surface area contributed by atoms with E-state index in [1.165, 1.54) is 0 Å². The van der Waals surface area contributed by atoms with E-state index in [0.717, 1.165) is 43.8 Å². The van der Waals surface area contributed by atoms with Gasteiger partial charge in [-0.25, -0.2) is 0 Å². The van der Waals surface area contributed by atoms with Crippen LogP contribution in [0.15, 0.2) is 18.2 Å². The van der Waals surface area contributed by atoms with Crippen LogP contribution in [0, 0.1) is 17.8 Å². The Labute approximate surface area is 242 Å². The second-order valence-corrected chi connectivity index (χ2v) is 11.8. The first-order valence-electron chi connectivity index (χ1n) is 14.9. The highest BCUT2D eigenvalue weighted by molar-refractivity contribution is 5.78. The van der Waals surface area contributed by atoms with E-state index in [9.17, 15) is 9.90 Å². The maximum absolute atomic E-state index is 12.7. The molecule has 1 saturated heterocycles. The summed E-state index contributed by atoms with van der Waals surface area (Å²) < 4.78 is 22.3. The maximum atomic E-state index is 12.7. The van der Waals surface area contributed by atoms with Gasteiger partial charge in [0.15, 0.2) is 11.5 Å². The van der Waals surface area contributed by atoms with E-state index in [0.29, 0.717) is 44.3 Å². The van der Waals surface area contributed by atoms with E-state index in [4.69, 9.17) is 24.7 Å². The Morgan fingerprint density at radius 3 is 2.45 bits per heavy atom. The van der Waals surface area contributed by atoms with Gasteiger partial charge >= 0.3 is 0 Å². The fourth-order valence-electron chi connectivity index (χ4n) is 5.37. The van der Waals surface area contributed by atoms with Gasteiger partial charge in [-0.1, -0.05) is 26.8 Å². The van der Waals surface area contributed by atoms with Crippen molar-refractivity contribution in [3.05, 3.63) is 23.8 Å². The van der Waals surface area contributed by atoms with Crippen molar-refractivity contribution in [1.29, 1.82) is 0 Å². The molecule has 0 bridgehead atoms. The molecule has 1 amide bonds. The lowest BCUT2D eigenvalue weighted by Crippen LogP contribution is -2.48. The van der Waals surface area contributed by atoms with Crippen molar-refractivity contribution in [2.75, 3.05) is 53.6 Å². The van der Waals surface area contributed by atoms with E-state index in [2.05, 4.69) is 44.0 Å². The van der Waals surface area contributed by atoms with Gasteiger partial charge in [0, 0.05) is 58.3 Å². The van der Waals surface area contributed by atoms with Crippen molar-refractivity contribution in [2.45, 2.75) is 84.7 Å². The molecule has 9 nitrogen and oxygen atoms in total. The van der Waals surface area contributed by atoms with Crippen LogP contribution in [-0.4, -0.2) is 93.9 Å². The van der Waals surface area contributed by atoms with Crippen molar-refractivity contribution in [1.82, 2.24) is 10.2 Å². The summed E-state index contributed by atoms with van der Waals surface area (Å²) in [5.74, 6) is 1.70. The molecule has 2 rings (SSSR count). The van der Waals surface area contributed by atoms with Gasteiger partial charge in [-0.15, -0.1) is 0 Å². The first-order chi connectivity index (χ1) is 19.0. The summed E-state index contributed by atoms with van der Waals surface area (Å²) in [6, 6.07) is 5.62. The van der Waals surface area contributed by atoms with Crippen molar-refractivity contribution < 1.29 is 28.8 Å². The SMILES string of the molecule is COCCCOc1cc(C[C@@H](C[C@H](N)[C@@H](O)C[C@@H](C)C(=O)NCCN2C[C@H](C)O[C@@H](C)C2)C(C)C)ccc1OC. The van der Waals surface area contributed by atoms with Crippen LogP contribution >= 0.6 is 0 Å². The van der Waals surface area contributed by atoms with Crippen molar-refractivity contribution in [3.8, 4) is 11.5 Å². The van der Waals surface area contributed by atoms with Gasteiger partial charge in [0.25, 0.3) is 0 Å². The minimum Gasteiger partial charge on any atom is -0.493 e. The number of nitrogens with two attached hydrogens (primary N) is 1. The molecule has 1 aromatic carbocycles. The highest BCUT2D eigenvalue weighted by Crippen LogP contribution is 2.31. The number of ether oxygens (including phenoxy) is 4. The third kappa shape index (κ3) is 11.9. The second-order valence-electron chi connectivity index (χ2n) is 11.8. The highest BCUT2D eigenvalue weighted by Gasteiger charge is 2.27. The van der Waals surface area contributed by atoms with Crippen LogP contribution in [0.5, 0.6) is 11.5 Å². The standard InChI is InChI=1S/C31H55N3O6/c1-21(2)26(16-25-9-10-29(38-7)30(17-25)39-14-8-13-37-6)18-27(32)28(35)15-22(3)31(36)33-11-12-34-19-23(4)40-24(5)20-34/h9-10,17,21-24,26-28,35H,8,11-16,18-20,32H2,1-7H3,(H,33,36)/t22-,23+,24+,26+,27+,28+/m1/s1. The zero-order valence-electron chi connectivity index (χ0n) is 25.9. The van der Waals surface area contributed by atoms with Gasteiger partial charge in [-0.2, -0.15) is 0 Å². The first-order valence-corrected chi connectivity index (χ1v) is 14.9.